The molecule has 0 spiro atoms. The minimum atomic E-state index is -0.168. The molecule has 0 radical (unpaired) electrons. The molecule has 1 rings (SSSR count). The molecule has 0 saturated carbocycles. The van der Waals surface area contributed by atoms with E-state index in [-0.39, 0.29) is 6.29 Å². The minimum Gasteiger partial charge on any atom is -0.355 e. The van der Waals surface area contributed by atoms with Gasteiger partial charge in [0.1, 0.15) is 0 Å². The fourth-order valence-electron chi connectivity index (χ4n) is 1.02. The molecule has 14 heavy (non-hydrogen) atoms. The Morgan fingerprint density at radius 1 is 1.50 bits per heavy atom. The van der Waals surface area contributed by atoms with E-state index >= 15 is 0 Å². The standard InChI is InChI=1S/C9H14BrNO2S/c1-12-9(13-2)5-11-4-8-3-7(10)6-14-8/h3,6,9,11H,4-5H2,1-2H3. The van der Waals surface area contributed by atoms with E-state index in [1.165, 1.54) is 4.88 Å². The molecule has 80 valence electrons. The largest absolute Gasteiger partial charge is 0.355 e. The zero-order valence-corrected chi connectivity index (χ0v) is 10.7. The van der Waals surface area contributed by atoms with Crippen molar-refractivity contribution < 1.29 is 9.47 Å². The molecule has 0 amide bonds. The van der Waals surface area contributed by atoms with Gasteiger partial charge in [0.25, 0.3) is 0 Å². The molecular weight excluding hydrogens is 266 g/mol. The smallest absolute Gasteiger partial charge is 0.169 e. The molecule has 1 aromatic rings. The van der Waals surface area contributed by atoms with Crippen LogP contribution in [-0.4, -0.2) is 27.1 Å². The zero-order chi connectivity index (χ0) is 10.4. The number of methoxy groups -OCH3 is 2. The molecule has 5 heteroatoms. The maximum Gasteiger partial charge on any atom is 0.169 e. The Labute approximate surface area is 96.5 Å². The van der Waals surface area contributed by atoms with Crippen LogP contribution in [0.3, 0.4) is 0 Å². The van der Waals surface area contributed by atoms with Crippen LogP contribution in [0.5, 0.6) is 0 Å². The number of hydrogen-bond donors (Lipinski definition) is 1. The van der Waals surface area contributed by atoms with Crippen molar-refractivity contribution in [3.8, 4) is 0 Å². The predicted molar refractivity (Wildman–Crippen MR) is 61.5 cm³/mol. The van der Waals surface area contributed by atoms with Gasteiger partial charge in [-0.25, -0.2) is 0 Å². The van der Waals surface area contributed by atoms with E-state index in [0.29, 0.717) is 6.54 Å². The van der Waals surface area contributed by atoms with Crippen LogP contribution in [0.2, 0.25) is 0 Å². The van der Waals surface area contributed by atoms with Gasteiger partial charge >= 0.3 is 0 Å². The highest BCUT2D eigenvalue weighted by atomic mass is 79.9. The van der Waals surface area contributed by atoms with Crippen molar-refractivity contribution in [2.45, 2.75) is 12.8 Å². The quantitative estimate of drug-likeness (QED) is 0.810. The first-order valence-electron chi connectivity index (χ1n) is 4.25. The molecule has 0 fully saturated rings. The van der Waals surface area contributed by atoms with Gasteiger partial charge in [0.05, 0.1) is 0 Å². The SMILES string of the molecule is COC(CNCc1cc(Br)cs1)OC. The molecule has 1 aromatic heterocycles. The average Bonchev–Trinajstić information content (AvgIpc) is 2.59. The maximum atomic E-state index is 5.05. The lowest BCUT2D eigenvalue weighted by molar-refractivity contribution is -0.0988. The summed E-state index contributed by atoms with van der Waals surface area (Å²) < 4.78 is 11.2. The van der Waals surface area contributed by atoms with Gasteiger partial charge in [0.15, 0.2) is 6.29 Å². The van der Waals surface area contributed by atoms with Crippen molar-refractivity contribution in [1.82, 2.24) is 5.32 Å². The van der Waals surface area contributed by atoms with Gasteiger partial charge in [0.2, 0.25) is 0 Å². The van der Waals surface area contributed by atoms with Gasteiger partial charge in [-0.2, -0.15) is 0 Å². The predicted octanol–water partition coefficient (Wildman–Crippen LogP) is 2.22. The van der Waals surface area contributed by atoms with Gasteiger partial charge in [-0.3, -0.25) is 0 Å². The number of ether oxygens (including phenoxy) is 2. The highest BCUT2D eigenvalue weighted by molar-refractivity contribution is 9.10. The lowest BCUT2D eigenvalue weighted by Gasteiger charge is -2.13. The summed E-state index contributed by atoms with van der Waals surface area (Å²) in [7, 11) is 3.27. The van der Waals surface area contributed by atoms with E-state index in [2.05, 4.69) is 32.7 Å². The van der Waals surface area contributed by atoms with Crippen molar-refractivity contribution in [3.05, 3.63) is 20.8 Å². The first kappa shape index (κ1) is 12.1. The molecule has 3 nitrogen and oxygen atoms in total. The molecule has 0 saturated heterocycles. The van der Waals surface area contributed by atoms with Gasteiger partial charge in [0, 0.05) is 42.0 Å². The number of nitrogens with one attached hydrogen (secondary N) is 1. The van der Waals surface area contributed by atoms with E-state index < -0.39 is 0 Å². The molecule has 1 N–H and O–H groups in total. The Morgan fingerprint density at radius 3 is 2.71 bits per heavy atom. The monoisotopic (exact) mass is 279 g/mol. The van der Waals surface area contributed by atoms with Gasteiger partial charge < -0.3 is 14.8 Å². The van der Waals surface area contributed by atoms with Crippen LogP contribution in [-0.2, 0) is 16.0 Å². The summed E-state index contributed by atoms with van der Waals surface area (Å²) in [5, 5.41) is 5.33. The Morgan fingerprint density at radius 2 is 2.21 bits per heavy atom. The van der Waals surface area contributed by atoms with E-state index in [0.717, 1.165) is 11.0 Å². The number of halogens is 1. The van der Waals surface area contributed by atoms with E-state index in [1.807, 2.05) is 0 Å². The van der Waals surface area contributed by atoms with Gasteiger partial charge in [-0.05, 0) is 22.0 Å². The lowest BCUT2D eigenvalue weighted by atomic mass is 10.4. The van der Waals surface area contributed by atoms with E-state index in [1.54, 1.807) is 25.6 Å². The molecule has 0 aliphatic heterocycles. The van der Waals surface area contributed by atoms with E-state index in [9.17, 15) is 0 Å². The van der Waals surface area contributed by atoms with Crippen LogP contribution in [0.25, 0.3) is 0 Å². The fraction of sp³-hybridized carbons (Fsp3) is 0.556. The van der Waals surface area contributed by atoms with Crippen LogP contribution < -0.4 is 5.32 Å². The molecule has 0 aromatic carbocycles. The maximum absolute atomic E-state index is 5.05. The molecule has 0 atom stereocenters. The highest BCUT2D eigenvalue weighted by Crippen LogP contribution is 2.19. The Kier molecular flexibility index (Phi) is 5.66. The Bertz CT molecular complexity index is 263. The summed E-state index contributed by atoms with van der Waals surface area (Å²) in [6, 6.07) is 2.10. The first-order chi connectivity index (χ1) is 6.76. The topological polar surface area (TPSA) is 30.5 Å². The average molecular weight is 280 g/mol. The van der Waals surface area contributed by atoms with Gasteiger partial charge in [-0.1, -0.05) is 0 Å². The second-order valence-corrected chi connectivity index (χ2v) is 4.67. The van der Waals surface area contributed by atoms with Gasteiger partial charge in [-0.15, -0.1) is 11.3 Å². The summed E-state index contributed by atoms with van der Waals surface area (Å²) in [5.74, 6) is 0. The van der Waals surface area contributed by atoms with Crippen molar-refractivity contribution in [2.75, 3.05) is 20.8 Å². The minimum absolute atomic E-state index is 0.168. The van der Waals surface area contributed by atoms with Crippen molar-refractivity contribution >= 4 is 27.3 Å². The number of rotatable bonds is 6. The van der Waals surface area contributed by atoms with Crippen LogP contribution >= 0.6 is 27.3 Å². The van der Waals surface area contributed by atoms with Crippen LogP contribution in [0.1, 0.15) is 4.88 Å². The summed E-state index contributed by atoms with van der Waals surface area (Å²) >= 11 is 5.14. The van der Waals surface area contributed by atoms with Crippen molar-refractivity contribution in [1.29, 1.82) is 0 Å². The Hall–Kier alpha value is 0.0600. The second-order valence-electron chi connectivity index (χ2n) is 2.76. The first-order valence-corrected chi connectivity index (χ1v) is 5.92. The third kappa shape index (κ3) is 4.06. The normalized spacial score (nSPS) is 11.1. The number of thiophene rings is 1. The highest BCUT2D eigenvalue weighted by Gasteiger charge is 2.04. The summed E-state index contributed by atoms with van der Waals surface area (Å²) in [4.78, 5) is 1.29. The summed E-state index contributed by atoms with van der Waals surface area (Å²) in [6.45, 7) is 1.54. The zero-order valence-electron chi connectivity index (χ0n) is 8.25. The van der Waals surface area contributed by atoms with Crippen molar-refractivity contribution in [3.63, 3.8) is 0 Å². The van der Waals surface area contributed by atoms with E-state index in [4.69, 9.17) is 9.47 Å². The molecule has 0 aliphatic carbocycles. The fourth-order valence-corrected chi connectivity index (χ4v) is 2.44. The summed E-state index contributed by atoms with van der Waals surface area (Å²) in [5.41, 5.74) is 0. The molecule has 0 aliphatic rings. The van der Waals surface area contributed by atoms with Crippen molar-refractivity contribution in [2.24, 2.45) is 0 Å². The number of hydrogen-bond acceptors (Lipinski definition) is 4. The third-order valence-corrected chi connectivity index (χ3v) is 3.46. The summed E-state index contributed by atoms with van der Waals surface area (Å²) in [6.07, 6.45) is -0.168. The second kappa shape index (κ2) is 6.53. The molecule has 1 heterocycles. The molecule has 0 bridgehead atoms. The van der Waals surface area contributed by atoms with Crippen LogP contribution in [0.15, 0.2) is 15.9 Å². The van der Waals surface area contributed by atoms with Crippen LogP contribution in [0, 0.1) is 0 Å². The third-order valence-electron chi connectivity index (χ3n) is 1.76. The lowest BCUT2D eigenvalue weighted by Crippen LogP contribution is -2.29. The molecular formula is C9H14BrNO2S. The molecule has 0 unspecified atom stereocenters. The van der Waals surface area contributed by atoms with Crippen LogP contribution in [0.4, 0.5) is 0 Å². The Balaban J connectivity index is 2.21.